The molecule has 1 aromatic rings. The Hall–Kier alpha value is -0.860. The molecule has 0 saturated heterocycles. The van der Waals surface area contributed by atoms with Crippen molar-refractivity contribution >= 4 is 0 Å². The van der Waals surface area contributed by atoms with E-state index in [9.17, 15) is 5.11 Å². The summed E-state index contributed by atoms with van der Waals surface area (Å²) in [6.07, 6.45) is 2.72. The molecule has 1 aliphatic carbocycles. The molecule has 0 unspecified atom stereocenters. The van der Waals surface area contributed by atoms with Crippen LogP contribution >= 0.6 is 0 Å². The zero-order valence-electron chi connectivity index (χ0n) is 8.12. The molecule has 3 rings (SSSR count). The van der Waals surface area contributed by atoms with Gasteiger partial charge >= 0.3 is 0 Å². The summed E-state index contributed by atoms with van der Waals surface area (Å²) >= 11 is 0. The number of hydrogen-bond donors (Lipinski definition) is 1. The summed E-state index contributed by atoms with van der Waals surface area (Å²) in [7, 11) is 0. The van der Waals surface area contributed by atoms with Crippen molar-refractivity contribution in [3.05, 3.63) is 34.9 Å². The number of hydrogen-bond acceptors (Lipinski definition) is 2. The van der Waals surface area contributed by atoms with Crippen LogP contribution in [-0.4, -0.2) is 10.7 Å². The normalized spacial score (nSPS) is 22.1. The lowest BCUT2D eigenvalue weighted by Gasteiger charge is -2.10. The number of benzene rings is 1. The van der Waals surface area contributed by atoms with Crippen LogP contribution in [-0.2, 0) is 24.4 Å². The van der Waals surface area contributed by atoms with Crippen molar-refractivity contribution in [1.29, 1.82) is 0 Å². The van der Waals surface area contributed by atoms with Gasteiger partial charge in [-0.05, 0) is 29.5 Å². The third-order valence-corrected chi connectivity index (χ3v) is 3.22. The Morgan fingerprint density at radius 2 is 2.14 bits per heavy atom. The number of fused-ring (bicyclic) bond motifs is 1. The molecule has 0 atom stereocenters. The standard InChI is InChI=1S/C12H14O2/c13-12(4-5-12)6-9-2-1-3-10-7-14-8-11(9)10/h1-3,13H,4-8H2. The predicted molar refractivity (Wildman–Crippen MR) is 52.8 cm³/mol. The van der Waals surface area contributed by atoms with Crippen molar-refractivity contribution in [1.82, 2.24) is 0 Å². The average Bonchev–Trinajstić information content (AvgIpc) is 2.73. The van der Waals surface area contributed by atoms with Crippen LogP contribution in [0, 0.1) is 0 Å². The third-order valence-electron chi connectivity index (χ3n) is 3.22. The molecule has 1 heterocycles. The van der Waals surface area contributed by atoms with Gasteiger partial charge in [0.15, 0.2) is 0 Å². The lowest BCUT2D eigenvalue weighted by atomic mass is 9.98. The minimum Gasteiger partial charge on any atom is -0.390 e. The molecule has 2 aliphatic rings. The van der Waals surface area contributed by atoms with Gasteiger partial charge < -0.3 is 9.84 Å². The molecule has 14 heavy (non-hydrogen) atoms. The van der Waals surface area contributed by atoms with Crippen LogP contribution in [0.2, 0.25) is 0 Å². The average molecular weight is 190 g/mol. The van der Waals surface area contributed by atoms with Crippen LogP contribution in [0.25, 0.3) is 0 Å². The highest BCUT2D eigenvalue weighted by molar-refractivity contribution is 5.37. The highest BCUT2D eigenvalue weighted by atomic mass is 16.5. The van der Waals surface area contributed by atoms with Crippen LogP contribution in [0.5, 0.6) is 0 Å². The van der Waals surface area contributed by atoms with E-state index in [1.807, 2.05) is 0 Å². The Morgan fingerprint density at radius 1 is 1.29 bits per heavy atom. The summed E-state index contributed by atoms with van der Waals surface area (Å²) in [4.78, 5) is 0. The quantitative estimate of drug-likeness (QED) is 0.770. The summed E-state index contributed by atoms with van der Waals surface area (Å²) in [6, 6.07) is 6.29. The summed E-state index contributed by atoms with van der Waals surface area (Å²) in [5, 5.41) is 9.87. The van der Waals surface area contributed by atoms with Gasteiger partial charge in [-0.3, -0.25) is 0 Å². The van der Waals surface area contributed by atoms with Gasteiger partial charge in [0.2, 0.25) is 0 Å². The minimum absolute atomic E-state index is 0.391. The van der Waals surface area contributed by atoms with E-state index in [1.165, 1.54) is 16.7 Å². The van der Waals surface area contributed by atoms with Gasteiger partial charge in [-0.25, -0.2) is 0 Å². The van der Waals surface area contributed by atoms with Crippen LogP contribution in [0.3, 0.4) is 0 Å². The first-order valence-corrected chi connectivity index (χ1v) is 5.17. The smallest absolute Gasteiger partial charge is 0.0727 e. The Balaban J connectivity index is 1.94. The van der Waals surface area contributed by atoms with Crippen LogP contribution < -0.4 is 0 Å². The maximum Gasteiger partial charge on any atom is 0.0727 e. The van der Waals surface area contributed by atoms with E-state index in [1.54, 1.807) is 0 Å². The van der Waals surface area contributed by atoms with Crippen LogP contribution in [0.4, 0.5) is 0 Å². The molecule has 1 aromatic carbocycles. The first kappa shape index (κ1) is 8.45. The first-order valence-electron chi connectivity index (χ1n) is 5.17. The second kappa shape index (κ2) is 2.81. The van der Waals surface area contributed by atoms with E-state index in [0.717, 1.165) is 32.5 Å². The van der Waals surface area contributed by atoms with Crippen molar-refractivity contribution in [3.8, 4) is 0 Å². The molecule has 2 nitrogen and oxygen atoms in total. The van der Waals surface area contributed by atoms with E-state index < -0.39 is 5.60 Å². The lowest BCUT2D eigenvalue weighted by Crippen LogP contribution is -2.12. The third kappa shape index (κ3) is 1.35. The van der Waals surface area contributed by atoms with Crippen molar-refractivity contribution in [3.63, 3.8) is 0 Å². The predicted octanol–water partition coefficient (Wildman–Crippen LogP) is 1.78. The Bertz CT molecular complexity index is 367. The summed E-state index contributed by atoms with van der Waals surface area (Å²) in [5.74, 6) is 0. The Kier molecular flexibility index (Phi) is 1.70. The van der Waals surface area contributed by atoms with Gasteiger partial charge in [-0.2, -0.15) is 0 Å². The van der Waals surface area contributed by atoms with E-state index in [4.69, 9.17) is 4.74 Å². The van der Waals surface area contributed by atoms with Crippen molar-refractivity contribution in [2.24, 2.45) is 0 Å². The summed E-state index contributed by atoms with van der Waals surface area (Å²) in [6.45, 7) is 1.46. The van der Waals surface area contributed by atoms with E-state index in [0.29, 0.717) is 0 Å². The highest BCUT2D eigenvalue weighted by Crippen LogP contribution is 2.39. The Morgan fingerprint density at radius 3 is 2.93 bits per heavy atom. The molecular weight excluding hydrogens is 176 g/mol. The van der Waals surface area contributed by atoms with Crippen molar-refractivity contribution < 1.29 is 9.84 Å². The van der Waals surface area contributed by atoms with Gasteiger partial charge in [0.1, 0.15) is 0 Å². The van der Waals surface area contributed by atoms with Crippen LogP contribution in [0.1, 0.15) is 29.5 Å². The van der Waals surface area contributed by atoms with E-state index in [-0.39, 0.29) is 0 Å². The summed E-state index contributed by atoms with van der Waals surface area (Å²) < 4.78 is 5.41. The fraction of sp³-hybridized carbons (Fsp3) is 0.500. The molecule has 1 fully saturated rings. The van der Waals surface area contributed by atoms with E-state index >= 15 is 0 Å². The SMILES string of the molecule is OC1(Cc2cccc3c2COC3)CC1. The van der Waals surface area contributed by atoms with Gasteiger partial charge in [-0.1, -0.05) is 18.2 Å². The zero-order chi connectivity index (χ0) is 9.60. The molecule has 0 bridgehead atoms. The molecule has 0 radical (unpaired) electrons. The largest absolute Gasteiger partial charge is 0.390 e. The molecule has 0 spiro atoms. The fourth-order valence-electron chi connectivity index (χ4n) is 2.11. The molecule has 2 heteroatoms. The summed E-state index contributed by atoms with van der Waals surface area (Å²) in [5.41, 5.74) is 3.50. The zero-order valence-corrected chi connectivity index (χ0v) is 8.12. The number of ether oxygens (including phenoxy) is 1. The first-order chi connectivity index (χ1) is 6.77. The maximum atomic E-state index is 9.87. The van der Waals surface area contributed by atoms with Gasteiger partial charge in [-0.15, -0.1) is 0 Å². The van der Waals surface area contributed by atoms with Crippen molar-refractivity contribution in [2.75, 3.05) is 0 Å². The van der Waals surface area contributed by atoms with E-state index in [2.05, 4.69) is 18.2 Å². The topological polar surface area (TPSA) is 29.5 Å². The second-order valence-electron chi connectivity index (χ2n) is 4.45. The highest BCUT2D eigenvalue weighted by Gasteiger charge is 2.40. The fourth-order valence-corrected chi connectivity index (χ4v) is 2.11. The molecule has 0 amide bonds. The van der Waals surface area contributed by atoms with Gasteiger partial charge in [0, 0.05) is 6.42 Å². The molecular formula is C12H14O2. The van der Waals surface area contributed by atoms with Gasteiger partial charge in [0.05, 0.1) is 18.8 Å². The monoisotopic (exact) mass is 190 g/mol. The molecule has 1 aliphatic heterocycles. The molecule has 0 aromatic heterocycles. The molecule has 1 N–H and O–H groups in total. The van der Waals surface area contributed by atoms with Crippen LogP contribution in [0.15, 0.2) is 18.2 Å². The second-order valence-corrected chi connectivity index (χ2v) is 4.45. The maximum absolute atomic E-state index is 9.87. The minimum atomic E-state index is -0.391. The lowest BCUT2D eigenvalue weighted by molar-refractivity contribution is 0.132. The van der Waals surface area contributed by atoms with Gasteiger partial charge in [0.25, 0.3) is 0 Å². The Labute approximate surface area is 83.5 Å². The molecule has 1 saturated carbocycles. The number of rotatable bonds is 2. The number of aliphatic hydroxyl groups is 1. The molecule has 74 valence electrons. The van der Waals surface area contributed by atoms with Crippen molar-refractivity contribution in [2.45, 2.75) is 38.1 Å².